The molecule has 2 saturated heterocycles. The van der Waals surface area contributed by atoms with Crippen LogP contribution in [0.5, 0.6) is 0 Å². The molecule has 312 valence electrons. The van der Waals surface area contributed by atoms with Crippen molar-refractivity contribution in [1.82, 2.24) is 0 Å². The number of rotatable bonds is 7. The summed E-state index contributed by atoms with van der Waals surface area (Å²) in [5, 5.41) is 6.96. The van der Waals surface area contributed by atoms with Gasteiger partial charge in [0.25, 0.3) is 23.6 Å². The first-order valence-electron chi connectivity index (χ1n) is 22.7. The lowest BCUT2D eigenvalue weighted by Gasteiger charge is -2.35. The zero-order valence-corrected chi connectivity index (χ0v) is 36.7. The van der Waals surface area contributed by atoms with Gasteiger partial charge < -0.3 is 9.80 Å². The van der Waals surface area contributed by atoms with Gasteiger partial charge in [0, 0.05) is 81.0 Å². The molecular weight excluding hydrogens is 769 g/mol. The summed E-state index contributed by atoms with van der Waals surface area (Å²) in [6.45, 7) is 18.0. The molecule has 0 bridgehead atoms. The molecule has 7 aromatic carbocycles. The molecule has 2 fully saturated rings. The van der Waals surface area contributed by atoms with Gasteiger partial charge >= 0.3 is 0 Å². The van der Waals surface area contributed by atoms with Crippen molar-refractivity contribution in [2.45, 2.75) is 91.9 Å². The SMILES string of the molecule is Cc1cccc(C(C)C)c1N1C(=O)c2ccc3c4c(N5CCCC5)cc5c6c(ccc(c7c(N8CCCC8)cc(c2c37)C1=O)c64)C(=O)N(c1c(C(C)C)cccc1C(C)C)C5=O. The Balaban J connectivity index is 1.26. The number of nitrogens with zero attached hydrogens (tertiary/aromatic N) is 4. The van der Waals surface area contributed by atoms with Crippen LogP contribution < -0.4 is 19.6 Å². The van der Waals surface area contributed by atoms with E-state index in [4.69, 9.17) is 0 Å². The number of carbonyl (C=O) groups excluding carboxylic acids is 4. The maximum absolute atomic E-state index is 15.4. The van der Waals surface area contributed by atoms with Gasteiger partial charge in [-0.05, 0) is 108 Å². The second-order valence-electron chi connectivity index (χ2n) is 19.0. The van der Waals surface area contributed by atoms with E-state index in [9.17, 15) is 0 Å². The van der Waals surface area contributed by atoms with Crippen molar-refractivity contribution in [3.63, 3.8) is 0 Å². The van der Waals surface area contributed by atoms with Crippen molar-refractivity contribution in [2.24, 2.45) is 0 Å². The predicted molar refractivity (Wildman–Crippen MR) is 253 cm³/mol. The molecule has 8 heteroatoms. The molecule has 0 radical (unpaired) electrons. The summed E-state index contributed by atoms with van der Waals surface area (Å²) in [4.78, 5) is 68.5. The minimum atomic E-state index is -0.320. The number of benzene rings is 7. The van der Waals surface area contributed by atoms with Crippen molar-refractivity contribution < 1.29 is 19.2 Å². The van der Waals surface area contributed by atoms with Gasteiger partial charge in [-0.25, -0.2) is 9.80 Å². The van der Waals surface area contributed by atoms with Crippen molar-refractivity contribution in [2.75, 3.05) is 45.8 Å². The van der Waals surface area contributed by atoms with Crippen molar-refractivity contribution in [1.29, 1.82) is 0 Å². The lowest BCUT2D eigenvalue weighted by Crippen LogP contribution is -2.42. The van der Waals surface area contributed by atoms with Crippen molar-refractivity contribution >= 4 is 89.5 Å². The van der Waals surface area contributed by atoms with Crippen LogP contribution in [0.3, 0.4) is 0 Å². The second-order valence-corrected chi connectivity index (χ2v) is 19.0. The fourth-order valence-electron chi connectivity index (χ4n) is 11.5. The van der Waals surface area contributed by atoms with E-state index in [2.05, 4.69) is 69.5 Å². The van der Waals surface area contributed by atoms with E-state index in [1.54, 1.807) is 0 Å². The molecule has 0 unspecified atom stereocenters. The topological polar surface area (TPSA) is 81.2 Å². The van der Waals surface area contributed by atoms with Crippen LogP contribution in [-0.2, 0) is 0 Å². The maximum atomic E-state index is 15.4. The number of carbonyl (C=O) groups is 4. The highest BCUT2D eigenvalue weighted by Crippen LogP contribution is 2.53. The van der Waals surface area contributed by atoms with Gasteiger partial charge in [-0.1, -0.05) is 90.1 Å². The standard InChI is InChI=1S/C54H52N4O4/c1-28(2)32-15-12-14-31(7)49(32)57-51(59)37-20-18-35-46-42(56-24-10-11-25-56)27-40-44-38(52(60)58(54(40)62)50-33(29(3)4)16-13-17-34(50)30(5)6)21-19-36(48(44)46)45-41(55-22-8-9-23-55)26-39(53(57)61)43(37)47(35)45/h12-21,26-30H,8-11,22-25H2,1-7H3. The monoisotopic (exact) mass is 820 g/mol. The molecule has 4 amide bonds. The van der Waals surface area contributed by atoms with Crippen LogP contribution >= 0.6 is 0 Å². The van der Waals surface area contributed by atoms with Crippen molar-refractivity contribution in [3.05, 3.63) is 117 Å². The van der Waals surface area contributed by atoms with Crippen LogP contribution in [0, 0.1) is 6.92 Å². The molecule has 0 atom stereocenters. The number of para-hydroxylation sites is 2. The highest BCUT2D eigenvalue weighted by Gasteiger charge is 2.42. The number of amides is 4. The third-order valence-electron chi connectivity index (χ3n) is 14.4. The molecule has 0 saturated carbocycles. The second kappa shape index (κ2) is 13.9. The zero-order valence-electron chi connectivity index (χ0n) is 36.7. The summed E-state index contributed by atoms with van der Waals surface area (Å²) in [6.07, 6.45) is 4.12. The van der Waals surface area contributed by atoms with E-state index in [1.165, 1.54) is 9.80 Å². The van der Waals surface area contributed by atoms with Gasteiger partial charge in [0.05, 0.1) is 22.5 Å². The van der Waals surface area contributed by atoms with Crippen molar-refractivity contribution in [3.8, 4) is 0 Å². The van der Waals surface area contributed by atoms with Gasteiger partial charge in [0.2, 0.25) is 0 Å². The minimum Gasteiger partial charge on any atom is -0.371 e. The minimum absolute atomic E-state index is 0.0867. The summed E-state index contributed by atoms with van der Waals surface area (Å²) in [5.41, 5.74) is 9.15. The molecular formula is C54H52N4O4. The molecule has 7 aromatic rings. The number of fused-ring (bicyclic) bond motifs is 2. The molecule has 8 nitrogen and oxygen atoms in total. The van der Waals surface area contributed by atoms with Gasteiger partial charge in [-0.2, -0.15) is 0 Å². The average molecular weight is 821 g/mol. The van der Waals surface area contributed by atoms with E-state index in [0.717, 1.165) is 118 Å². The summed E-state index contributed by atoms with van der Waals surface area (Å²) in [6, 6.07) is 24.2. The number of anilines is 4. The molecule has 4 aliphatic rings. The Hall–Kier alpha value is -6.28. The summed E-state index contributed by atoms with van der Waals surface area (Å²) in [5.74, 6) is -0.971. The molecule has 4 heterocycles. The Morgan fingerprint density at radius 1 is 0.419 bits per heavy atom. The van der Waals surface area contributed by atoms with Gasteiger partial charge in [-0.3, -0.25) is 19.2 Å². The van der Waals surface area contributed by atoms with Gasteiger partial charge in [-0.15, -0.1) is 0 Å². The quantitative estimate of drug-likeness (QED) is 0.0905. The molecule has 0 aromatic heterocycles. The molecule has 0 N–H and O–H groups in total. The van der Waals surface area contributed by atoms with E-state index >= 15 is 19.2 Å². The first kappa shape index (κ1) is 38.6. The van der Waals surface area contributed by atoms with E-state index in [1.807, 2.05) is 61.5 Å². The average Bonchev–Trinajstić information content (AvgIpc) is 4.00. The fourth-order valence-corrected chi connectivity index (χ4v) is 11.5. The third kappa shape index (κ3) is 5.18. The Morgan fingerprint density at radius 2 is 0.790 bits per heavy atom. The first-order chi connectivity index (χ1) is 29.9. The Labute approximate surface area is 362 Å². The Bertz CT molecular complexity index is 3100. The van der Waals surface area contributed by atoms with Crippen LogP contribution in [0.2, 0.25) is 0 Å². The van der Waals surface area contributed by atoms with Gasteiger partial charge in [0.1, 0.15) is 0 Å². The maximum Gasteiger partial charge on any atom is 0.266 e. The van der Waals surface area contributed by atoms with Crippen LogP contribution in [0.15, 0.2) is 72.8 Å². The van der Waals surface area contributed by atoms with E-state index in [0.29, 0.717) is 44.4 Å². The molecule has 0 aliphatic carbocycles. The molecule has 62 heavy (non-hydrogen) atoms. The largest absolute Gasteiger partial charge is 0.371 e. The number of hydrogen-bond acceptors (Lipinski definition) is 6. The lowest BCUT2D eigenvalue weighted by atomic mass is 9.80. The van der Waals surface area contributed by atoms with E-state index in [-0.39, 0.29) is 41.4 Å². The molecule has 4 aliphatic heterocycles. The molecule has 0 spiro atoms. The number of aryl methyl sites for hydroxylation is 1. The zero-order chi connectivity index (χ0) is 43.0. The molecule has 11 rings (SSSR count). The smallest absolute Gasteiger partial charge is 0.266 e. The normalized spacial score (nSPS) is 16.9. The Kier molecular flexibility index (Phi) is 8.64. The summed E-state index contributed by atoms with van der Waals surface area (Å²) in [7, 11) is 0. The third-order valence-corrected chi connectivity index (χ3v) is 14.4. The van der Waals surface area contributed by atoms with Crippen LogP contribution in [0.4, 0.5) is 22.7 Å². The fraction of sp³-hybridized carbons (Fsp3) is 0.333. The predicted octanol–water partition coefficient (Wildman–Crippen LogP) is 12.2. The number of hydrogen-bond donors (Lipinski definition) is 0. The highest BCUT2D eigenvalue weighted by atomic mass is 16.2. The first-order valence-corrected chi connectivity index (χ1v) is 22.7. The van der Waals surface area contributed by atoms with Crippen LogP contribution in [0.25, 0.3) is 43.1 Å². The number of imide groups is 2. The van der Waals surface area contributed by atoms with Crippen LogP contribution in [-0.4, -0.2) is 49.8 Å². The summed E-state index contributed by atoms with van der Waals surface area (Å²) >= 11 is 0. The van der Waals surface area contributed by atoms with Crippen LogP contribution in [0.1, 0.15) is 149 Å². The van der Waals surface area contributed by atoms with Gasteiger partial charge in [0.15, 0.2) is 0 Å². The van der Waals surface area contributed by atoms with E-state index < -0.39 is 0 Å². The lowest BCUT2D eigenvalue weighted by molar-refractivity contribution is 0.0877. The highest BCUT2D eigenvalue weighted by molar-refractivity contribution is 6.48. The summed E-state index contributed by atoms with van der Waals surface area (Å²) < 4.78 is 0. The Morgan fingerprint density at radius 3 is 1.21 bits per heavy atom.